The summed E-state index contributed by atoms with van der Waals surface area (Å²) in [6.07, 6.45) is 2.15. The Labute approximate surface area is 119 Å². The molecule has 0 radical (unpaired) electrons. The van der Waals surface area contributed by atoms with Crippen LogP contribution in [0.2, 0.25) is 0 Å². The monoisotopic (exact) mass is 275 g/mol. The fourth-order valence-corrected chi connectivity index (χ4v) is 2.28. The summed E-state index contributed by atoms with van der Waals surface area (Å²) in [6, 6.07) is 7.13. The fourth-order valence-electron chi connectivity index (χ4n) is 2.28. The van der Waals surface area contributed by atoms with E-state index in [0.29, 0.717) is 11.3 Å². The minimum Gasteiger partial charge on any atom is -0.339 e. The highest BCUT2D eigenvalue weighted by Gasteiger charge is 2.19. The molecule has 2 rings (SSSR count). The Bertz CT molecular complexity index is 482. The van der Waals surface area contributed by atoms with Crippen molar-refractivity contribution in [3.8, 4) is 0 Å². The number of benzene rings is 1. The predicted octanol–water partition coefficient (Wildman–Crippen LogP) is 1.47. The van der Waals surface area contributed by atoms with E-state index in [1.54, 1.807) is 24.3 Å². The quantitative estimate of drug-likeness (QED) is 0.855. The Morgan fingerprint density at radius 2 is 2.00 bits per heavy atom. The molecule has 1 heterocycles. The Morgan fingerprint density at radius 1 is 1.25 bits per heavy atom. The average Bonchev–Trinajstić information content (AvgIpc) is 2.98. The molecule has 2 N–H and O–H groups in total. The zero-order chi connectivity index (χ0) is 14.4. The highest BCUT2D eigenvalue weighted by molar-refractivity contribution is 5.97. The number of likely N-dealkylation sites (tertiary alicyclic amines) is 1. The van der Waals surface area contributed by atoms with Gasteiger partial charge in [0.15, 0.2) is 0 Å². The SMILES string of the molecule is CCNCC(=O)Nc1cccc(C(=O)N2CCCC2)c1. The van der Waals surface area contributed by atoms with Crippen molar-refractivity contribution in [2.75, 3.05) is 31.5 Å². The molecule has 0 aromatic heterocycles. The first kappa shape index (κ1) is 14.5. The summed E-state index contributed by atoms with van der Waals surface area (Å²) >= 11 is 0. The third kappa shape index (κ3) is 3.81. The molecule has 0 unspecified atom stereocenters. The van der Waals surface area contributed by atoms with Crippen LogP contribution in [0.3, 0.4) is 0 Å². The molecule has 20 heavy (non-hydrogen) atoms. The van der Waals surface area contributed by atoms with Gasteiger partial charge in [-0.25, -0.2) is 0 Å². The van der Waals surface area contributed by atoms with Crippen LogP contribution in [0.4, 0.5) is 5.69 Å². The van der Waals surface area contributed by atoms with Gasteiger partial charge < -0.3 is 15.5 Å². The third-order valence-corrected chi connectivity index (χ3v) is 3.32. The zero-order valence-corrected chi connectivity index (χ0v) is 11.8. The molecular formula is C15H21N3O2. The van der Waals surface area contributed by atoms with Crippen LogP contribution in [0.15, 0.2) is 24.3 Å². The summed E-state index contributed by atoms with van der Waals surface area (Å²) in [6.45, 7) is 4.63. The van der Waals surface area contributed by atoms with Crippen LogP contribution in [0.5, 0.6) is 0 Å². The molecular weight excluding hydrogens is 254 g/mol. The lowest BCUT2D eigenvalue weighted by atomic mass is 10.1. The van der Waals surface area contributed by atoms with Crippen molar-refractivity contribution >= 4 is 17.5 Å². The molecule has 0 saturated carbocycles. The Kier molecular flexibility index (Phi) is 5.12. The first-order valence-electron chi connectivity index (χ1n) is 7.10. The molecule has 108 valence electrons. The van der Waals surface area contributed by atoms with Crippen molar-refractivity contribution < 1.29 is 9.59 Å². The summed E-state index contributed by atoms with van der Waals surface area (Å²) < 4.78 is 0. The maximum Gasteiger partial charge on any atom is 0.253 e. The van der Waals surface area contributed by atoms with Crippen LogP contribution in [0.25, 0.3) is 0 Å². The van der Waals surface area contributed by atoms with Gasteiger partial charge in [-0.15, -0.1) is 0 Å². The van der Waals surface area contributed by atoms with Crippen molar-refractivity contribution in [2.45, 2.75) is 19.8 Å². The molecule has 1 fully saturated rings. The zero-order valence-electron chi connectivity index (χ0n) is 11.8. The van der Waals surface area contributed by atoms with E-state index >= 15 is 0 Å². The molecule has 5 heteroatoms. The standard InChI is InChI=1S/C15H21N3O2/c1-2-16-11-14(19)17-13-7-5-6-12(10-13)15(20)18-8-3-4-9-18/h5-7,10,16H,2-4,8-9,11H2,1H3,(H,17,19). The summed E-state index contributed by atoms with van der Waals surface area (Å²) in [5.74, 6) is -0.0529. The average molecular weight is 275 g/mol. The van der Waals surface area contributed by atoms with Crippen molar-refractivity contribution in [1.29, 1.82) is 0 Å². The normalized spacial score (nSPS) is 14.3. The van der Waals surface area contributed by atoms with E-state index in [1.807, 2.05) is 11.8 Å². The number of hydrogen-bond donors (Lipinski definition) is 2. The van der Waals surface area contributed by atoms with Gasteiger partial charge in [0.2, 0.25) is 5.91 Å². The second-order valence-electron chi connectivity index (χ2n) is 4.91. The summed E-state index contributed by atoms with van der Waals surface area (Å²) in [4.78, 5) is 25.8. The Balaban J connectivity index is 2.00. The van der Waals surface area contributed by atoms with Gasteiger partial charge in [-0.2, -0.15) is 0 Å². The summed E-state index contributed by atoms with van der Waals surface area (Å²) in [5.41, 5.74) is 1.30. The molecule has 0 aliphatic carbocycles. The largest absolute Gasteiger partial charge is 0.339 e. The highest BCUT2D eigenvalue weighted by Crippen LogP contribution is 2.16. The maximum atomic E-state index is 12.3. The first-order chi connectivity index (χ1) is 9.70. The van der Waals surface area contributed by atoms with Crippen molar-refractivity contribution in [1.82, 2.24) is 10.2 Å². The van der Waals surface area contributed by atoms with Gasteiger partial charge in [0, 0.05) is 24.3 Å². The molecule has 0 spiro atoms. The van der Waals surface area contributed by atoms with Gasteiger partial charge in [-0.1, -0.05) is 13.0 Å². The van der Waals surface area contributed by atoms with E-state index in [0.717, 1.165) is 32.5 Å². The molecule has 0 atom stereocenters. The van der Waals surface area contributed by atoms with E-state index < -0.39 is 0 Å². The number of nitrogens with one attached hydrogen (secondary N) is 2. The van der Waals surface area contributed by atoms with Crippen LogP contribution >= 0.6 is 0 Å². The van der Waals surface area contributed by atoms with E-state index in [1.165, 1.54) is 0 Å². The summed E-state index contributed by atoms with van der Waals surface area (Å²) in [5, 5.41) is 5.75. The third-order valence-electron chi connectivity index (χ3n) is 3.32. The molecule has 1 saturated heterocycles. The minimum absolute atomic E-state index is 0.0466. The number of rotatable bonds is 5. The minimum atomic E-state index is -0.0994. The summed E-state index contributed by atoms with van der Waals surface area (Å²) in [7, 11) is 0. The lowest BCUT2D eigenvalue weighted by Gasteiger charge is -2.15. The van der Waals surface area contributed by atoms with Gasteiger partial charge in [-0.3, -0.25) is 9.59 Å². The Hall–Kier alpha value is -1.88. The van der Waals surface area contributed by atoms with Crippen LogP contribution in [0, 0.1) is 0 Å². The number of likely N-dealkylation sites (N-methyl/N-ethyl adjacent to an activating group) is 1. The Morgan fingerprint density at radius 3 is 2.70 bits per heavy atom. The van der Waals surface area contributed by atoms with Gasteiger partial charge in [0.05, 0.1) is 6.54 Å². The molecule has 0 bridgehead atoms. The maximum absolute atomic E-state index is 12.3. The van der Waals surface area contributed by atoms with E-state index in [4.69, 9.17) is 0 Å². The molecule has 1 aromatic rings. The number of amides is 2. The number of nitrogens with zero attached hydrogens (tertiary/aromatic N) is 1. The second-order valence-corrected chi connectivity index (χ2v) is 4.91. The van der Waals surface area contributed by atoms with Gasteiger partial charge in [0.1, 0.15) is 0 Å². The molecule has 1 aromatic carbocycles. The van der Waals surface area contributed by atoms with Gasteiger partial charge >= 0.3 is 0 Å². The topological polar surface area (TPSA) is 61.4 Å². The van der Waals surface area contributed by atoms with Gasteiger partial charge in [0.25, 0.3) is 5.91 Å². The highest BCUT2D eigenvalue weighted by atomic mass is 16.2. The van der Waals surface area contributed by atoms with Crippen molar-refractivity contribution in [3.63, 3.8) is 0 Å². The lowest BCUT2D eigenvalue weighted by molar-refractivity contribution is -0.115. The fraction of sp³-hybridized carbons (Fsp3) is 0.467. The van der Waals surface area contributed by atoms with Gasteiger partial charge in [-0.05, 0) is 37.6 Å². The van der Waals surface area contributed by atoms with E-state index in [2.05, 4.69) is 10.6 Å². The van der Waals surface area contributed by atoms with Crippen LogP contribution < -0.4 is 10.6 Å². The van der Waals surface area contributed by atoms with E-state index in [9.17, 15) is 9.59 Å². The first-order valence-corrected chi connectivity index (χ1v) is 7.10. The lowest BCUT2D eigenvalue weighted by Crippen LogP contribution is -2.29. The molecule has 1 aliphatic heterocycles. The number of hydrogen-bond acceptors (Lipinski definition) is 3. The second kappa shape index (κ2) is 7.05. The number of carbonyl (C=O) groups excluding carboxylic acids is 2. The number of anilines is 1. The van der Waals surface area contributed by atoms with E-state index in [-0.39, 0.29) is 18.4 Å². The van der Waals surface area contributed by atoms with Crippen molar-refractivity contribution in [3.05, 3.63) is 29.8 Å². The van der Waals surface area contributed by atoms with Crippen LogP contribution in [-0.2, 0) is 4.79 Å². The number of carbonyl (C=O) groups is 2. The van der Waals surface area contributed by atoms with Crippen molar-refractivity contribution in [2.24, 2.45) is 0 Å². The molecule has 5 nitrogen and oxygen atoms in total. The molecule has 1 aliphatic rings. The smallest absolute Gasteiger partial charge is 0.253 e. The van der Waals surface area contributed by atoms with Crippen LogP contribution in [0.1, 0.15) is 30.1 Å². The van der Waals surface area contributed by atoms with Crippen LogP contribution in [-0.4, -0.2) is 42.9 Å². The molecule has 2 amide bonds. The predicted molar refractivity (Wildman–Crippen MR) is 78.8 cm³/mol.